The molecule has 6 nitrogen and oxygen atoms in total. The highest BCUT2D eigenvalue weighted by Gasteiger charge is 2.41. The van der Waals surface area contributed by atoms with Crippen molar-refractivity contribution < 1.29 is 9.59 Å². The topological polar surface area (TPSA) is 66.4 Å². The Morgan fingerprint density at radius 2 is 0.918 bits per heavy atom. The Balaban J connectivity index is 1.32. The van der Waals surface area contributed by atoms with Crippen LogP contribution < -0.4 is 9.80 Å². The number of fused-ring (bicyclic) bond motifs is 4. The van der Waals surface area contributed by atoms with E-state index in [1.807, 2.05) is 102 Å². The summed E-state index contributed by atoms with van der Waals surface area (Å²) in [5.74, 6) is 0.931. The fourth-order valence-electron chi connectivity index (χ4n) is 8.70. The van der Waals surface area contributed by atoms with E-state index >= 15 is 0 Å². The minimum Gasteiger partial charge on any atom is -0.288 e. The quantitative estimate of drug-likeness (QED) is 0.127. The second kappa shape index (κ2) is 15.0. The van der Waals surface area contributed by atoms with E-state index in [1.54, 1.807) is 30.3 Å². The molecule has 1 aliphatic heterocycles. The Morgan fingerprint density at radius 3 is 1.39 bits per heavy atom. The van der Waals surface area contributed by atoms with Gasteiger partial charge in [0, 0.05) is 42.3 Å². The second-order valence-corrected chi connectivity index (χ2v) is 17.0. The van der Waals surface area contributed by atoms with Crippen LogP contribution >= 0.6 is 46.4 Å². The maximum Gasteiger partial charge on any atom is 0.197 e. The molecule has 10 rings (SSSR count). The number of aryl methyl sites for hydroxylation is 3. The normalized spacial score (nSPS) is 14.1. The highest BCUT2D eigenvalue weighted by molar-refractivity contribution is 6.40. The molecule has 0 amide bonds. The van der Waals surface area contributed by atoms with Crippen molar-refractivity contribution in [1.82, 2.24) is 9.97 Å². The molecule has 2 aliphatic rings. The van der Waals surface area contributed by atoms with Gasteiger partial charge in [0.05, 0.1) is 28.0 Å². The SMILES string of the molecule is Cc1cc(C)c(N2/C(=C\C=C3C(=O)c4cc5ccccc5cc4C3=O)N(c3c(-c4cc(Cl)cc(Cl)c4)cccc3-c3cc(Cl)cc(Cl)c3)c3nc4ccccc4nc32)c(C)c1. The number of halogens is 4. The van der Waals surface area contributed by atoms with Crippen LogP contribution in [0, 0.1) is 20.8 Å². The lowest BCUT2D eigenvalue weighted by Crippen LogP contribution is -2.24. The minimum atomic E-state index is -0.343. The molecule has 0 spiro atoms. The van der Waals surface area contributed by atoms with Crippen molar-refractivity contribution in [2.45, 2.75) is 20.8 Å². The van der Waals surface area contributed by atoms with E-state index in [2.05, 4.69) is 37.8 Å². The van der Waals surface area contributed by atoms with Crippen molar-refractivity contribution in [1.29, 1.82) is 0 Å². The number of hydrogen-bond donors (Lipinski definition) is 0. The van der Waals surface area contributed by atoms with Gasteiger partial charge in [0.15, 0.2) is 23.2 Å². The monoisotopic (exact) mass is 872 g/mol. The molecule has 1 aliphatic carbocycles. The average molecular weight is 875 g/mol. The Bertz CT molecular complexity index is 3110. The standard InChI is InChI=1S/C51H32Cl4N4O2/c1-27-17-28(2)46(29(3)18-27)58-45(16-15-40-48(60)41-23-30-9-4-5-10-31(30)24-42(41)49(40)61)59(51-50(58)56-43-13-6-7-14-44(43)57-51)47-38(32-19-34(52)25-35(53)20-32)11-8-12-39(47)33-21-36(54)26-37(55)22-33/h4-26H,1-3H3/b45-16+. The summed E-state index contributed by atoms with van der Waals surface area (Å²) in [7, 11) is 0. The number of nitrogens with zero attached hydrogens (tertiary/aromatic N) is 4. The van der Waals surface area contributed by atoms with Crippen molar-refractivity contribution in [3.8, 4) is 22.3 Å². The van der Waals surface area contributed by atoms with Crippen LogP contribution in [0.4, 0.5) is 23.0 Å². The van der Waals surface area contributed by atoms with E-state index in [1.165, 1.54) is 0 Å². The van der Waals surface area contributed by atoms with Gasteiger partial charge in [-0.15, -0.1) is 0 Å². The number of anilines is 4. The lowest BCUT2D eigenvalue weighted by atomic mass is 9.95. The van der Waals surface area contributed by atoms with Gasteiger partial charge in [-0.05, 0) is 127 Å². The number of ketones is 2. The van der Waals surface area contributed by atoms with Crippen LogP contribution in [-0.4, -0.2) is 21.5 Å². The predicted octanol–water partition coefficient (Wildman–Crippen LogP) is 14.8. The van der Waals surface area contributed by atoms with Crippen LogP contribution in [0.15, 0.2) is 151 Å². The zero-order valence-electron chi connectivity index (χ0n) is 32.9. The third-order valence-electron chi connectivity index (χ3n) is 11.1. The molecule has 61 heavy (non-hydrogen) atoms. The third-order valence-corrected chi connectivity index (χ3v) is 12.0. The molecule has 0 saturated carbocycles. The van der Waals surface area contributed by atoms with E-state index in [0.29, 0.717) is 65.4 Å². The number of carbonyl (C=O) groups is 2. The van der Waals surface area contributed by atoms with Crippen molar-refractivity contribution in [3.05, 3.63) is 199 Å². The molecular weight excluding hydrogens is 842 g/mol. The van der Waals surface area contributed by atoms with Gasteiger partial charge in [-0.2, -0.15) is 0 Å². The maximum absolute atomic E-state index is 14.3. The molecule has 0 saturated heterocycles. The van der Waals surface area contributed by atoms with Crippen LogP contribution in [0.1, 0.15) is 37.4 Å². The van der Waals surface area contributed by atoms with Gasteiger partial charge < -0.3 is 0 Å². The van der Waals surface area contributed by atoms with E-state index in [0.717, 1.165) is 55.4 Å². The lowest BCUT2D eigenvalue weighted by molar-refractivity contribution is 0.0988. The molecule has 8 aromatic rings. The first-order valence-corrected chi connectivity index (χ1v) is 21.0. The Hall–Kier alpha value is -6.28. The highest BCUT2D eigenvalue weighted by Crippen LogP contribution is 2.55. The molecule has 10 heteroatoms. The van der Waals surface area contributed by atoms with Gasteiger partial charge in [-0.1, -0.05) is 119 Å². The number of para-hydroxylation sites is 3. The van der Waals surface area contributed by atoms with Gasteiger partial charge >= 0.3 is 0 Å². The van der Waals surface area contributed by atoms with Gasteiger partial charge in [-0.3, -0.25) is 19.4 Å². The zero-order chi connectivity index (χ0) is 42.3. The summed E-state index contributed by atoms with van der Waals surface area (Å²) < 4.78 is 0. The van der Waals surface area contributed by atoms with Crippen LogP contribution in [0.5, 0.6) is 0 Å². The molecule has 1 aromatic heterocycles. The van der Waals surface area contributed by atoms with Gasteiger partial charge in [0.1, 0.15) is 5.82 Å². The molecule has 0 radical (unpaired) electrons. The number of hydrogen-bond acceptors (Lipinski definition) is 6. The first kappa shape index (κ1) is 38.9. The van der Waals surface area contributed by atoms with Crippen LogP contribution in [0.3, 0.4) is 0 Å². The molecule has 0 atom stereocenters. The molecule has 0 unspecified atom stereocenters. The zero-order valence-corrected chi connectivity index (χ0v) is 35.9. The molecule has 7 aromatic carbocycles. The fraction of sp³-hybridized carbons (Fsp3) is 0.0588. The van der Waals surface area contributed by atoms with Crippen LogP contribution in [0.25, 0.3) is 44.1 Å². The van der Waals surface area contributed by atoms with E-state index in [-0.39, 0.29) is 17.1 Å². The van der Waals surface area contributed by atoms with Crippen LogP contribution in [-0.2, 0) is 0 Å². The Morgan fingerprint density at radius 1 is 0.475 bits per heavy atom. The summed E-state index contributed by atoms with van der Waals surface area (Å²) in [6.45, 7) is 6.19. The molecule has 2 heterocycles. The molecule has 0 fully saturated rings. The first-order chi connectivity index (χ1) is 29.4. The molecule has 0 N–H and O–H groups in total. The summed E-state index contributed by atoms with van der Waals surface area (Å²) >= 11 is 26.8. The molecular formula is C51H32Cl4N4O2. The third kappa shape index (κ3) is 6.68. The number of Topliss-reactive ketones (excluding diaryl/α,β-unsaturated/α-hetero) is 2. The van der Waals surface area contributed by atoms with E-state index in [9.17, 15) is 9.59 Å². The smallest absolute Gasteiger partial charge is 0.197 e. The maximum atomic E-state index is 14.3. The lowest BCUT2D eigenvalue weighted by Gasteiger charge is -2.30. The van der Waals surface area contributed by atoms with Crippen molar-refractivity contribution in [3.63, 3.8) is 0 Å². The average Bonchev–Trinajstić information content (AvgIpc) is 3.64. The minimum absolute atomic E-state index is 0.0499. The summed E-state index contributed by atoms with van der Waals surface area (Å²) in [5.41, 5.74) is 9.77. The predicted molar refractivity (Wildman–Crippen MR) is 251 cm³/mol. The van der Waals surface area contributed by atoms with Gasteiger partial charge in [0.25, 0.3) is 0 Å². The molecule has 296 valence electrons. The number of carbonyl (C=O) groups excluding carboxylic acids is 2. The van der Waals surface area contributed by atoms with Crippen molar-refractivity contribution >= 4 is 103 Å². The number of rotatable bonds is 5. The van der Waals surface area contributed by atoms with Crippen molar-refractivity contribution in [2.75, 3.05) is 9.80 Å². The number of benzene rings is 7. The Labute approximate surface area is 371 Å². The first-order valence-electron chi connectivity index (χ1n) is 19.5. The number of allylic oxidation sites excluding steroid dienone is 3. The van der Waals surface area contributed by atoms with Gasteiger partial charge in [-0.25, -0.2) is 9.97 Å². The van der Waals surface area contributed by atoms with Crippen molar-refractivity contribution in [2.24, 2.45) is 0 Å². The van der Waals surface area contributed by atoms with E-state index in [4.69, 9.17) is 56.4 Å². The highest BCUT2D eigenvalue weighted by atomic mass is 35.5. The summed E-state index contributed by atoms with van der Waals surface area (Å²) in [6.07, 6.45) is 3.45. The largest absolute Gasteiger partial charge is 0.288 e. The fourth-order valence-corrected chi connectivity index (χ4v) is 9.75. The summed E-state index contributed by atoms with van der Waals surface area (Å²) in [5, 5.41) is 3.58. The second-order valence-electron chi connectivity index (χ2n) is 15.3. The summed E-state index contributed by atoms with van der Waals surface area (Å²) in [4.78, 5) is 43.3. The summed E-state index contributed by atoms with van der Waals surface area (Å²) in [6, 6.07) is 40.0. The number of aromatic nitrogens is 2. The Kier molecular flexibility index (Phi) is 9.57. The van der Waals surface area contributed by atoms with Gasteiger partial charge in [0.2, 0.25) is 0 Å². The molecule has 0 bridgehead atoms. The van der Waals surface area contributed by atoms with Crippen LogP contribution in [0.2, 0.25) is 20.1 Å². The van der Waals surface area contributed by atoms with E-state index < -0.39 is 0 Å².